The van der Waals surface area contributed by atoms with Gasteiger partial charge in [-0.25, -0.2) is 4.79 Å². The second-order valence-electron chi connectivity index (χ2n) is 2.65. The third-order valence-corrected chi connectivity index (χ3v) is 1.58. The minimum atomic E-state index is -5.08. The number of hydrogen-bond acceptors (Lipinski definition) is 3. The molecule has 0 aliphatic heterocycles. The van der Waals surface area contributed by atoms with Crippen LogP contribution >= 0.6 is 0 Å². The monoisotopic (exact) mass is 274 g/mol. The van der Waals surface area contributed by atoms with Crippen molar-refractivity contribution in [1.29, 1.82) is 5.26 Å². The quantitative estimate of drug-likeness (QED) is 0.846. The summed E-state index contributed by atoms with van der Waals surface area (Å²) in [5.74, 6) is -2.76. The predicted molar refractivity (Wildman–Crippen MR) is 62.1 cm³/mol. The maximum atomic E-state index is 10.6. The molecule has 0 aromatic rings. The minimum absolute atomic E-state index is 0. The number of hydrogen-bond donors (Lipinski definition) is 1. The highest BCUT2D eigenvalue weighted by Crippen LogP contribution is 2.13. The van der Waals surface area contributed by atoms with Gasteiger partial charge in [-0.1, -0.05) is 20.8 Å². The van der Waals surface area contributed by atoms with Crippen molar-refractivity contribution in [1.82, 2.24) is 4.90 Å². The summed E-state index contributed by atoms with van der Waals surface area (Å²) in [7, 11) is 0. The lowest BCUT2D eigenvalue weighted by atomic mass is 10.5. The van der Waals surface area contributed by atoms with E-state index in [1.807, 2.05) is 0 Å². The third kappa shape index (κ3) is 24.1. The van der Waals surface area contributed by atoms with Crippen molar-refractivity contribution in [3.63, 3.8) is 0 Å². The number of alkyl halides is 3. The van der Waals surface area contributed by atoms with E-state index in [2.05, 4.69) is 25.7 Å². The molecule has 0 atom stereocenters. The number of carbonyl (C=O) groups is 1. The van der Waals surface area contributed by atoms with Crippen molar-refractivity contribution in [2.24, 2.45) is 0 Å². The first-order valence-corrected chi connectivity index (χ1v) is 5.04. The summed E-state index contributed by atoms with van der Waals surface area (Å²) < 4.78 is 31.7. The summed E-state index contributed by atoms with van der Waals surface area (Å²) in [6.45, 7) is 11.6. The summed E-state index contributed by atoms with van der Waals surface area (Å²) in [4.78, 5) is 11.3. The highest BCUT2D eigenvalue weighted by Gasteiger charge is 2.38. The van der Waals surface area contributed by atoms with Crippen LogP contribution in [0.2, 0.25) is 0 Å². The normalized spacial score (nSPS) is 8.83. The summed E-state index contributed by atoms with van der Waals surface area (Å²) in [6, 6.07) is 1.75. The first kappa shape index (κ1) is 25.5. The van der Waals surface area contributed by atoms with Gasteiger partial charge in [0.2, 0.25) is 0 Å². The molecule has 0 rings (SSSR count). The lowest BCUT2D eigenvalue weighted by Gasteiger charge is -2.13. The molecule has 0 spiro atoms. The molecule has 0 heterocycles. The van der Waals surface area contributed by atoms with Gasteiger partial charge in [0.15, 0.2) is 0 Å². The van der Waals surface area contributed by atoms with Crippen molar-refractivity contribution in [2.75, 3.05) is 19.6 Å². The van der Waals surface area contributed by atoms with E-state index in [-0.39, 0.29) is 5.48 Å². The maximum absolute atomic E-state index is 10.6. The summed E-state index contributed by atoms with van der Waals surface area (Å²) in [6.07, 6.45) is -5.08. The first-order chi connectivity index (χ1) is 7.70. The zero-order valence-electron chi connectivity index (χ0n) is 11.0. The number of carboxylic acids is 1. The molecule has 8 heteroatoms. The highest BCUT2D eigenvalue weighted by molar-refractivity contribution is 5.73. The number of nitriles is 1. The van der Waals surface area contributed by atoms with Crippen molar-refractivity contribution in [3.05, 3.63) is 0 Å². The zero-order valence-corrected chi connectivity index (χ0v) is 11.0. The summed E-state index contributed by atoms with van der Waals surface area (Å²) in [5.41, 5.74) is 0. The van der Waals surface area contributed by atoms with Crippen LogP contribution < -0.4 is 0 Å². The van der Waals surface area contributed by atoms with E-state index >= 15 is 0 Å². The average Bonchev–Trinajstić information content (AvgIpc) is 2.21. The van der Waals surface area contributed by atoms with Gasteiger partial charge in [-0.05, 0) is 19.6 Å². The third-order valence-electron chi connectivity index (χ3n) is 1.58. The standard InChI is InChI=1S/C6H15N.C2HF3O2.C2H3N.H2O/c1-4-7(5-2)6-3;3-2(4,5)1(6)7;1-2-3;/h4-6H2,1-3H3;(H,6,7);1H3;1H2. The van der Waals surface area contributed by atoms with Gasteiger partial charge in [-0.2, -0.15) is 18.4 Å². The molecule has 0 bridgehead atoms. The predicted octanol–water partition coefficient (Wildman–Crippen LogP) is 1.69. The van der Waals surface area contributed by atoms with Gasteiger partial charge in [0.1, 0.15) is 0 Å². The fourth-order valence-corrected chi connectivity index (χ4v) is 0.671. The first-order valence-electron chi connectivity index (χ1n) is 5.04. The van der Waals surface area contributed by atoms with Crippen LogP contribution in [0.25, 0.3) is 0 Å². The molecule has 5 nitrogen and oxygen atoms in total. The van der Waals surface area contributed by atoms with E-state index < -0.39 is 12.1 Å². The second-order valence-corrected chi connectivity index (χ2v) is 2.65. The van der Waals surface area contributed by atoms with Gasteiger partial charge in [0, 0.05) is 6.92 Å². The van der Waals surface area contributed by atoms with Crippen LogP contribution in [0.15, 0.2) is 0 Å². The van der Waals surface area contributed by atoms with Crippen LogP contribution in [-0.4, -0.2) is 47.3 Å². The Morgan fingerprint density at radius 2 is 1.39 bits per heavy atom. The fraction of sp³-hybridized carbons (Fsp3) is 0.800. The Kier molecular flexibility index (Phi) is 22.2. The number of halogens is 3. The van der Waals surface area contributed by atoms with Crippen molar-refractivity contribution >= 4 is 5.97 Å². The molecule has 0 aliphatic rings. The van der Waals surface area contributed by atoms with Gasteiger partial charge in [-0.15, -0.1) is 0 Å². The van der Waals surface area contributed by atoms with Gasteiger partial charge in [0.05, 0.1) is 6.07 Å². The average molecular weight is 274 g/mol. The highest BCUT2D eigenvalue weighted by atomic mass is 19.4. The molecule has 0 saturated heterocycles. The number of aliphatic carboxylic acids is 1. The van der Waals surface area contributed by atoms with Crippen molar-refractivity contribution in [2.45, 2.75) is 33.9 Å². The van der Waals surface area contributed by atoms with Crippen LogP contribution in [0.1, 0.15) is 27.7 Å². The molecule has 0 radical (unpaired) electrons. The Labute approximate surface area is 105 Å². The van der Waals surface area contributed by atoms with Crippen LogP contribution in [0, 0.1) is 11.3 Å². The van der Waals surface area contributed by atoms with Gasteiger partial charge in [0.25, 0.3) is 0 Å². The van der Waals surface area contributed by atoms with Gasteiger partial charge >= 0.3 is 12.1 Å². The zero-order chi connectivity index (χ0) is 14.5. The number of carboxylic acid groups (broad SMARTS) is 1. The molecule has 110 valence electrons. The lowest BCUT2D eigenvalue weighted by molar-refractivity contribution is -0.192. The van der Waals surface area contributed by atoms with Crippen LogP contribution in [0.3, 0.4) is 0 Å². The Morgan fingerprint density at radius 1 is 1.22 bits per heavy atom. The molecular formula is C10H21F3N2O3. The second kappa shape index (κ2) is 15.7. The molecule has 0 saturated carbocycles. The molecule has 18 heavy (non-hydrogen) atoms. The maximum Gasteiger partial charge on any atom is 0.490 e. The summed E-state index contributed by atoms with van der Waals surface area (Å²) >= 11 is 0. The number of nitrogens with zero attached hydrogens (tertiary/aromatic N) is 2. The fourth-order valence-electron chi connectivity index (χ4n) is 0.671. The van der Waals surface area contributed by atoms with Gasteiger partial charge < -0.3 is 15.5 Å². The molecule has 0 fully saturated rings. The molecule has 0 amide bonds. The van der Waals surface area contributed by atoms with E-state index in [4.69, 9.17) is 15.2 Å². The lowest BCUT2D eigenvalue weighted by Crippen LogP contribution is -2.21. The molecule has 3 N–H and O–H groups in total. The molecule has 0 aromatic heterocycles. The Balaban J connectivity index is -0.0000000857. The smallest absolute Gasteiger partial charge is 0.475 e. The number of rotatable bonds is 3. The molecular weight excluding hydrogens is 253 g/mol. The van der Waals surface area contributed by atoms with E-state index in [0.717, 1.165) is 0 Å². The minimum Gasteiger partial charge on any atom is -0.475 e. The van der Waals surface area contributed by atoms with Crippen molar-refractivity contribution < 1.29 is 28.5 Å². The van der Waals surface area contributed by atoms with Crippen molar-refractivity contribution in [3.8, 4) is 6.07 Å². The molecule has 0 unspecified atom stereocenters. The molecule has 0 aromatic carbocycles. The summed E-state index contributed by atoms with van der Waals surface area (Å²) in [5, 5.41) is 14.4. The Bertz CT molecular complexity index is 218. The SMILES string of the molecule is CC#N.CCN(CC)CC.O.O=C(O)C(F)(F)F. The van der Waals surface area contributed by atoms with Crippen LogP contribution in [-0.2, 0) is 4.79 Å². The largest absolute Gasteiger partial charge is 0.490 e. The van der Waals surface area contributed by atoms with E-state index in [0.29, 0.717) is 0 Å². The van der Waals surface area contributed by atoms with E-state index in [1.54, 1.807) is 6.07 Å². The topological polar surface area (TPSA) is 95.8 Å². The Hall–Kier alpha value is -1.33. The van der Waals surface area contributed by atoms with E-state index in [9.17, 15) is 13.2 Å². The van der Waals surface area contributed by atoms with Crippen LogP contribution in [0.5, 0.6) is 0 Å². The van der Waals surface area contributed by atoms with Gasteiger partial charge in [-0.3, -0.25) is 0 Å². The molecule has 0 aliphatic carbocycles. The Morgan fingerprint density at radius 3 is 1.39 bits per heavy atom. The van der Waals surface area contributed by atoms with Crippen LogP contribution in [0.4, 0.5) is 13.2 Å². The van der Waals surface area contributed by atoms with E-state index in [1.165, 1.54) is 26.6 Å².